The highest BCUT2D eigenvalue weighted by Gasteiger charge is 2.25. The van der Waals surface area contributed by atoms with Crippen LogP contribution in [0.15, 0.2) is 84.0 Å². The summed E-state index contributed by atoms with van der Waals surface area (Å²) in [5.41, 5.74) is 7.04. The lowest BCUT2D eigenvalue weighted by atomic mass is 9.75. The molecule has 0 heterocycles. The molecule has 4 rings (SSSR count). The van der Waals surface area contributed by atoms with Crippen molar-refractivity contribution in [3.05, 3.63) is 106 Å². The summed E-state index contributed by atoms with van der Waals surface area (Å²) < 4.78 is 17.9. The smallest absolute Gasteiger partial charge is 0.344 e. The van der Waals surface area contributed by atoms with Crippen LogP contribution in [0.3, 0.4) is 0 Å². The lowest BCUT2D eigenvalue weighted by Crippen LogP contribution is -2.19. The van der Waals surface area contributed by atoms with E-state index in [1.165, 1.54) is 11.1 Å². The summed E-state index contributed by atoms with van der Waals surface area (Å²) in [6.45, 7) is 13.2. The van der Waals surface area contributed by atoms with Crippen molar-refractivity contribution in [1.29, 1.82) is 0 Å². The molecule has 0 N–H and O–H groups in total. The van der Waals surface area contributed by atoms with E-state index in [0.29, 0.717) is 24.7 Å². The molecular formula is C35H42O4. The first-order valence-corrected chi connectivity index (χ1v) is 14.1. The second kappa shape index (κ2) is 12.5. The Hall–Kier alpha value is -3.53. The molecule has 39 heavy (non-hydrogen) atoms. The van der Waals surface area contributed by atoms with Gasteiger partial charge in [0.05, 0.1) is 6.10 Å². The van der Waals surface area contributed by atoms with Crippen LogP contribution in [0.4, 0.5) is 0 Å². The number of carbonyl (C=O) groups excluding carboxylic acids is 1. The summed E-state index contributed by atoms with van der Waals surface area (Å²) in [7, 11) is 0. The Morgan fingerprint density at radius 1 is 0.974 bits per heavy atom. The van der Waals surface area contributed by atoms with Gasteiger partial charge in [0.1, 0.15) is 18.1 Å². The summed E-state index contributed by atoms with van der Waals surface area (Å²) in [5, 5.41) is 0. The number of rotatable bonds is 9. The fourth-order valence-electron chi connectivity index (χ4n) is 5.49. The normalized spacial score (nSPS) is 15.6. The maximum absolute atomic E-state index is 12.2. The maximum atomic E-state index is 12.2. The van der Waals surface area contributed by atoms with Crippen molar-refractivity contribution in [2.45, 2.75) is 79.4 Å². The monoisotopic (exact) mass is 526 g/mol. The van der Waals surface area contributed by atoms with Gasteiger partial charge in [-0.1, -0.05) is 94.5 Å². The lowest BCUT2D eigenvalue weighted by molar-refractivity contribution is -0.149. The Kier molecular flexibility index (Phi) is 9.16. The molecule has 1 atom stereocenters. The predicted octanol–water partition coefficient (Wildman–Crippen LogP) is 8.48. The van der Waals surface area contributed by atoms with Gasteiger partial charge in [-0.2, -0.15) is 0 Å². The topological polar surface area (TPSA) is 44.8 Å². The molecular weight excluding hydrogens is 484 g/mol. The molecule has 0 saturated carbocycles. The Bertz CT molecular complexity index is 1280. The van der Waals surface area contributed by atoms with Gasteiger partial charge in [-0.05, 0) is 67.2 Å². The number of hydrogen-bond acceptors (Lipinski definition) is 4. The third-order valence-electron chi connectivity index (χ3n) is 7.30. The third-order valence-corrected chi connectivity index (χ3v) is 7.30. The summed E-state index contributed by atoms with van der Waals surface area (Å²) in [6, 6.07) is 14.8. The van der Waals surface area contributed by atoms with Crippen LogP contribution in [0.5, 0.6) is 5.75 Å². The van der Waals surface area contributed by atoms with Crippen LogP contribution in [0, 0.1) is 5.41 Å². The SMILES string of the molecule is CCC(c1ccc(COC2=C3C=CC=CCC3=CCc3c(OCC(=O)OC(C)C)cccc32)cc1)C(C)(C)C. The van der Waals surface area contributed by atoms with E-state index in [1.54, 1.807) is 0 Å². The van der Waals surface area contributed by atoms with Crippen LogP contribution in [0.2, 0.25) is 0 Å². The van der Waals surface area contributed by atoms with Crippen molar-refractivity contribution in [2.24, 2.45) is 5.41 Å². The van der Waals surface area contributed by atoms with Gasteiger partial charge in [0.25, 0.3) is 0 Å². The highest BCUT2D eigenvalue weighted by molar-refractivity contribution is 5.77. The average Bonchev–Trinajstić information content (AvgIpc) is 3.20. The molecule has 4 heteroatoms. The van der Waals surface area contributed by atoms with Crippen LogP contribution in [0.25, 0.3) is 5.76 Å². The molecule has 0 amide bonds. The number of fused-ring (bicyclic) bond motifs is 2. The van der Waals surface area contributed by atoms with Crippen molar-refractivity contribution < 1.29 is 19.0 Å². The molecule has 0 fully saturated rings. The zero-order valence-corrected chi connectivity index (χ0v) is 24.3. The van der Waals surface area contributed by atoms with Gasteiger partial charge >= 0.3 is 5.97 Å². The van der Waals surface area contributed by atoms with Crippen LogP contribution in [0.1, 0.15) is 82.6 Å². The molecule has 2 aliphatic rings. The number of allylic oxidation sites excluding steroid dienone is 7. The number of hydrogen-bond donors (Lipinski definition) is 0. The molecule has 2 aliphatic carbocycles. The fraction of sp³-hybridized carbons (Fsp3) is 0.400. The average molecular weight is 527 g/mol. The quantitative estimate of drug-likeness (QED) is 0.307. The van der Waals surface area contributed by atoms with E-state index in [0.717, 1.165) is 40.9 Å². The highest BCUT2D eigenvalue weighted by atomic mass is 16.6. The summed E-state index contributed by atoms with van der Waals surface area (Å²) in [5.74, 6) is 1.66. The van der Waals surface area contributed by atoms with E-state index >= 15 is 0 Å². The van der Waals surface area contributed by atoms with Gasteiger partial charge in [0.2, 0.25) is 0 Å². The van der Waals surface area contributed by atoms with Crippen LogP contribution in [-0.2, 0) is 27.3 Å². The first-order chi connectivity index (χ1) is 18.7. The molecule has 0 aromatic heterocycles. The van der Waals surface area contributed by atoms with Crippen molar-refractivity contribution in [3.63, 3.8) is 0 Å². The standard InChI is InChI=1S/C35H42O4/c1-7-31(35(4,5)6)27-18-16-25(17-19-27)22-38-34-28-13-10-8-9-12-26(28)20-21-29-30(34)14-11-15-32(29)37-23-33(36)39-24(2)3/h8-11,13-20,24,31H,7,12,21-23H2,1-6H3. The molecule has 0 aliphatic heterocycles. The zero-order valence-electron chi connectivity index (χ0n) is 24.3. The van der Waals surface area contributed by atoms with Gasteiger partial charge in [0, 0.05) is 16.7 Å². The van der Waals surface area contributed by atoms with Crippen LogP contribution >= 0.6 is 0 Å². The van der Waals surface area contributed by atoms with E-state index < -0.39 is 0 Å². The van der Waals surface area contributed by atoms with Gasteiger partial charge in [-0.15, -0.1) is 0 Å². The molecule has 4 nitrogen and oxygen atoms in total. The highest BCUT2D eigenvalue weighted by Crippen LogP contribution is 2.40. The van der Waals surface area contributed by atoms with Crippen molar-refractivity contribution >= 4 is 11.7 Å². The van der Waals surface area contributed by atoms with E-state index in [4.69, 9.17) is 14.2 Å². The predicted molar refractivity (Wildman–Crippen MR) is 158 cm³/mol. The Labute approximate surface area is 234 Å². The van der Waals surface area contributed by atoms with E-state index in [1.807, 2.05) is 26.0 Å². The number of ether oxygens (including phenoxy) is 3. The Morgan fingerprint density at radius 2 is 1.74 bits per heavy atom. The third kappa shape index (κ3) is 7.11. The number of esters is 1. The molecule has 0 spiro atoms. The largest absolute Gasteiger partial charge is 0.488 e. The van der Waals surface area contributed by atoms with Crippen LogP contribution in [-0.4, -0.2) is 18.7 Å². The van der Waals surface area contributed by atoms with Crippen molar-refractivity contribution in [1.82, 2.24) is 0 Å². The first kappa shape index (κ1) is 28.5. The second-order valence-electron chi connectivity index (χ2n) is 11.6. The summed E-state index contributed by atoms with van der Waals surface area (Å²) >= 11 is 0. The van der Waals surface area contributed by atoms with Crippen LogP contribution < -0.4 is 4.74 Å². The van der Waals surface area contributed by atoms with Gasteiger partial charge in [0.15, 0.2) is 6.61 Å². The Morgan fingerprint density at radius 3 is 2.44 bits per heavy atom. The van der Waals surface area contributed by atoms with Gasteiger partial charge in [-0.3, -0.25) is 0 Å². The number of carbonyl (C=O) groups is 1. The minimum Gasteiger partial charge on any atom is -0.488 e. The molecule has 2 aromatic rings. The molecule has 0 radical (unpaired) electrons. The summed E-state index contributed by atoms with van der Waals surface area (Å²) in [6.07, 6.45) is 13.2. The number of benzene rings is 2. The van der Waals surface area contributed by atoms with E-state index in [2.05, 4.69) is 88.4 Å². The van der Waals surface area contributed by atoms with Gasteiger partial charge < -0.3 is 14.2 Å². The molecule has 1 unspecified atom stereocenters. The minimum atomic E-state index is -0.372. The Balaban J connectivity index is 1.62. The molecule has 0 bridgehead atoms. The van der Waals surface area contributed by atoms with Gasteiger partial charge in [-0.25, -0.2) is 4.79 Å². The fourth-order valence-corrected chi connectivity index (χ4v) is 5.49. The van der Waals surface area contributed by atoms with Crippen molar-refractivity contribution in [3.8, 4) is 5.75 Å². The summed E-state index contributed by atoms with van der Waals surface area (Å²) in [4.78, 5) is 12.2. The molecule has 2 aromatic carbocycles. The maximum Gasteiger partial charge on any atom is 0.344 e. The van der Waals surface area contributed by atoms with E-state index in [9.17, 15) is 4.79 Å². The lowest BCUT2D eigenvalue weighted by Gasteiger charge is -2.30. The van der Waals surface area contributed by atoms with Crippen molar-refractivity contribution in [2.75, 3.05) is 6.61 Å². The molecule has 206 valence electrons. The zero-order chi connectivity index (χ0) is 28.0. The second-order valence-corrected chi connectivity index (χ2v) is 11.6. The first-order valence-electron chi connectivity index (χ1n) is 14.1. The van der Waals surface area contributed by atoms with E-state index in [-0.39, 0.29) is 24.1 Å². The minimum absolute atomic E-state index is 0.125. The molecule has 0 saturated heterocycles.